The van der Waals surface area contributed by atoms with Crippen LogP contribution in [0.3, 0.4) is 0 Å². The molecule has 0 atom stereocenters. The molecule has 0 aromatic heterocycles. The summed E-state index contributed by atoms with van der Waals surface area (Å²) in [5.41, 5.74) is 6.80. The van der Waals surface area contributed by atoms with Gasteiger partial charge in [-0.05, 0) is 40.7 Å². The molecule has 0 aliphatic heterocycles. The number of halogens is 1. The molecular weight excluding hydrogens is 240 g/mol. The van der Waals surface area contributed by atoms with Crippen molar-refractivity contribution in [3.8, 4) is 0 Å². The summed E-state index contributed by atoms with van der Waals surface area (Å²) in [6, 6.07) is 17.3. The first-order chi connectivity index (χ1) is 8.90. The van der Waals surface area contributed by atoms with Gasteiger partial charge in [-0.25, -0.2) is 0 Å². The van der Waals surface area contributed by atoms with Crippen LogP contribution in [0.2, 0.25) is 0 Å². The van der Waals surface area contributed by atoms with Crippen LogP contribution >= 0.6 is 11.6 Å². The first-order valence-corrected chi connectivity index (χ1v) is 6.86. The third-order valence-electron chi connectivity index (χ3n) is 3.56. The Balaban J connectivity index is 2.25. The van der Waals surface area contributed by atoms with E-state index < -0.39 is 0 Å². The van der Waals surface area contributed by atoms with E-state index in [1.807, 2.05) is 0 Å². The molecule has 0 saturated carbocycles. The molecule has 0 N–H and O–H groups in total. The van der Waals surface area contributed by atoms with E-state index in [1.54, 1.807) is 0 Å². The lowest BCUT2D eigenvalue weighted by molar-refractivity contribution is 0.965. The van der Waals surface area contributed by atoms with Gasteiger partial charge in [0.15, 0.2) is 0 Å². The van der Waals surface area contributed by atoms with Crippen molar-refractivity contribution in [3.05, 3.63) is 76.9 Å². The number of hydrogen-bond acceptors (Lipinski definition) is 0. The van der Waals surface area contributed by atoms with Gasteiger partial charge in [-0.2, -0.15) is 0 Å². The van der Waals surface area contributed by atoms with E-state index in [4.69, 9.17) is 11.6 Å². The maximum Gasteiger partial charge on any atom is 0.0413 e. The van der Waals surface area contributed by atoms with E-state index in [0.29, 0.717) is 5.88 Å². The molecule has 0 fully saturated rings. The summed E-state index contributed by atoms with van der Waals surface area (Å²) in [5, 5.41) is 0. The molecule has 1 heteroatoms. The Bertz CT molecular complexity index is 547. The van der Waals surface area contributed by atoms with Crippen LogP contribution in [0.5, 0.6) is 0 Å². The number of allylic oxidation sites excluding steroid dienone is 1. The van der Waals surface area contributed by atoms with Gasteiger partial charge in [-0.15, -0.1) is 11.6 Å². The fourth-order valence-electron chi connectivity index (χ4n) is 2.71. The highest BCUT2D eigenvalue weighted by atomic mass is 35.5. The summed E-state index contributed by atoms with van der Waals surface area (Å²) in [5.74, 6) is 0.554. The lowest BCUT2D eigenvalue weighted by atomic mass is 9.94. The van der Waals surface area contributed by atoms with E-state index in [9.17, 15) is 0 Å². The molecule has 90 valence electrons. The predicted octanol–water partition coefficient (Wildman–Crippen LogP) is 4.46. The van der Waals surface area contributed by atoms with Crippen LogP contribution < -0.4 is 0 Å². The summed E-state index contributed by atoms with van der Waals surface area (Å²) >= 11 is 5.94. The lowest BCUT2D eigenvalue weighted by Crippen LogP contribution is -1.92. The molecule has 1 aliphatic carbocycles. The van der Waals surface area contributed by atoms with Gasteiger partial charge in [-0.1, -0.05) is 54.6 Å². The number of rotatable bonds is 1. The minimum Gasteiger partial charge on any atom is -0.122 e. The van der Waals surface area contributed by atoms with Crippen LogP contribution in [0.15, 0.2) is 54.6 Å². The normalized spacial score (nSPS) is 13.5. The van der Waals surface area contributed by atoms with Gasteiger partial charge in [0.05, 0.1) is 0 Å². The first kappa shape index (κ1) is 11.6. The van der Waals surface area contributed by atoms with Crippen LogP contribution in [0.4, 0.5) is 0 Å². The highest BCUT2D eigenvalue weighted by Crippen LogP contribution is 2.33. The van der Waals surface area contributed by atoms with E-state index in [1.165, 1.54) is 27.8 Å². The molecular formula is C17H15Cl. The number of fused-ring (bicyclic) bond motifs is 2. The molecule has 2 aromatic carbocycles. The summed E-state index contributed by atoms with van der Waals surface area (Å²) in [7, 11) is 0. The van der Waals surface area contributed by atoms with Crippen molar-refractivity contribution in [1.82, 2.24) is 0 Å². The molecule has 18 heavy (non-hydrogen) atoms. The van der Waals surface area contributed by atoms with Crippen molar-refractivity contribution in [2.24, 2.45) is 0 Å². The van der Waals surface area contributed by atoms with Crippen LogP contribution in [-0.4, -0.2) is 5.88 Å². The zero-order chi connectivity index (χ0) is 12.4. The number of alkyl halides is 1. The van der Waals surface area contributed by atoms with Gasteiger partial charge in [0.2, 0.25) is 0 Å². The standard InChI is InChI=1S/C17H15Cl/c18-12-11-17-15-7-3-1-5-13(15)9-10-14-6-2-4-8-16(14)17/h1-8,11H,9-10,12H2. The highest BCUT2D eigenvalue weighted by Gasteiger charge is 2.16. The maximum atomic E-state index is 5.94. The smallest absolute Gasteiger partial charge is 0.0413 e. The molecule has 0 bridgehead atoms. The topological polar surface area (TPSA) is 0 Å². The van der Waals surface area contributed by atoms with Crippen LogP contribution in [-0.2, 0) is 12.8 Å². The molecule has 0 nitrogen and oxygen atoms in total. The van der Waals surface area contributed by atoms with Crippen LogP contribution in [0.25, 0.3) is 5.57 Å². The Hall–Kier alpha value is -1.53. The zero-order valence-corrected chi connectivity index (χ0v) is 11.0. The second-order valence-corrected chi connectivity index (χ2v) is 4.90. The number of aryl methyl sites for hydroxylation is 2. The number of hydrogen-bond donors (Lipinski definition) is 0. The largest absolute Gasteiger partial charge is 0.122 e. The fraction of sp³-hybridized carbons (Fsp3) is 0.176. The second kappa shape index (κ2) is 4.99. The monoisotopic (exact) mass is 254 g/mol. The van der Waals surface area contributed by atoms with Crippen molar-refractivity contribution in [1.29, 1.82) is 0 Å². The SMILES string of the molecule is ClCC=C1c2ccccc2CCc2ccccc21. The van der Waals surface area contributed by atoms with Gasteiger partial charge in [0.25, 0.3) is 0 Å². The van der Waals surface area contributed by atoms with E-state index in [2.05, 4.69) is 54.6 Å². The fourth-order valence-corrected chi connectivity index (χ4v) is 2.87. The zero-order valence-electron chi connectivity index (χ0n) is 10.2. The Labute approximate surface area is 113 Å². The molecule has 3 rings (SSSR count). The Kier molecular flexibility index (Phi) is 3.21. The predicted molar refractivity (Wildman–Crippen MR) is 78.1 cm³/mol. The third-order valence-corrected chi connectivity index (χ3v) is 3.71. The van der Waals surface area contributed by atoms with Crippen molar-refractivity contribution in [2.45, 2.75) is 12.8 Å². The molecule has 2 aromatic rings. The van der Waals surface area contributed by atoms with E-state index >= 15 is 0 Å². The third kappa shape index (κ3) is 1.97. The van der Waals surface area contributed by atoms with Gasteiger partial charge in [0, 0.05) is 5.88 Å². The van der Waals surface area contributed by atoms with Crippen molar-refractivity contribution >= 4 is 17.2 Å². The first-order valence-electron chi connectivity index (χ1n) is 6.33. The number of benzene rings is 2. The quantitative estimate of drug-likeness (QED) is 0.660. The lowest BCUT2D eigenvalue weighted by Gasteiger charge is -2.11. The molecule has 0 heterocycles. The van der Waals surface area contributed by atoms with E-state index in [-0.39, 0.29) is 0 Å². The van der Waals surface area contributed by atoms with Crippen LogP contribution in [0.1, 0.15) is 22.3 Å². The second-order valence-electron chi connectivity index (χ2n) is 4.59. The van der Waals surface area contributed by atoms with Gasteiger partial charge >= 0.3 is 0 Å². The average molecular weight is 255 g/mol. The molecule has 0 radical (unpaired) electrons. The molecule has 0 amide bonds. The molecule has 1 aliphatic rings. The highest BCUT2D eigenvalue weighted by molar-refractivity contribution is 6.19. The van der Waals surface area contributed by atoms with Crippen molar-refractivity contribution in [3.63, 3.8) is 0 Å². The van der Waals surface area contributed by atoms with Crippen LogP contribution in [0, 0.1) is 0 Å². The van der Waals surface area contributed by atoms with Gasteiger partial charge < -0.3 is 0 Å². The Morgan fingerprint density at radius 2 is 1.33 bits per heavy atom. The Morgan fingerprint density at radius 3 is 1.83 bits per heavy atom. The maximum absolute atomic E-state index is 5.94. The summed E-state index contributed by atoms with van der Waals surface area (Å²) in [6.07, 6.45) is 4.34. The molecule has 0 unspecified atom stereocenters. The minimum atomic E-state index is 0.554. The molecule has 0 saturated heterocycles. The minimum absolute atomic E-state index is 0.554. The van der Waals surface area contributed by atoms with Crippen molar-refractivity contribution in [2.75, 3.05) is 5.88 Å². The van der Waals surface area contributed by atoms with Crippen molar-refractivity contribution < 1.29 is 0 Å². The summed E-state index contributed by atoms with van der Waals surface area (Å²) in [4.78, 5) is 0. The summed E-state index contributed by atoms with van der Waals surface area (Å²) in [6.45, 7) is 0. The van der Waals surface area contributed by atoms with Gasteiger partial charge in [0.1, 0.15) is 0 Å². The molecule has 0 spiro atoms. The van der Waals surface area contributed by atoms with Gasteiger partial charge in [-0.3, -0.25) is 0 Å². The average Bonchev–Trinajstić information content (AvgIpc) is 2.58. The van der Waals surface area contributed by atoms with E-state index in [0.717, 1.165) is 12.8 Å². The summed E-state index contributed by atoms with van der Waals surface area (Å²) < 4.78 is 0. The Morgan fingerprint density at radius 1 is 0.833 bits per heavy atom.